The van der Waals surface area contributed by atoms with Crippen molar-refractivity contribution >= 4 is 21.9 Å². The first-order chi connectivity index (χ1) is 12.3. The van der Waals surface area contributed by atoms with E-state index in [1.165, 1.54) is 4.31 Å². The second-order valence-electron chi connectivity index (χ2n) is 6.25. The fourth-order valence-corrected chi connectivity index (χ4v) is 3.81. The summed E-state index contributed by atoms with van der Waals surface area (Å²) in [5.41, 5.74) is 0. The van der Waals surface area contributed by atoms with Gasteiger partial charge in [-0.1, -0.05) is 0 Å². The summed E-state index contributed by atoms with van der Waals surface area (Å²) < 4.78 is 31.6. The molecule has 9 nitrogen and oxygen atoms in total. The van der Waals surface area contributed by atoms with E-state index in [1.54, 1.807) is 0 Å². The lowest BCUT2D eigenvalue weighted by Gasteiger charge is -2.35. The predicted octanol–water partition coefficient (Wildman–Crippen LogP) is -0.540. The monoisotopic (exact) mass is 391 g/mol. The maximum Gasteiger partial charge on any atom is 0.241 e. The normalized spacial score (nSPS) is 16.8. The second-order valence-corrected chi connectivity index (χ2v) is 8.33. The summed E-state index contributed by atoms with van der Waals surface area (Å²) in [6, 6.07) is 0. The fraction of sp³-hybridized carbons (Fsp3) is 0.875. The van der Waals surface area contributed by atoms with Crippen molar-refractivity contribution < 1.29 is 17.9 Å². The topological polar surface area (TPSA) is 103 Å². The van der Waals surface area contributed by atoms with E-state index in [1.807, 2.05) is 32.6 Å². The van der Waals surface area contributed by atoms with Crippen LogP contribution in [0, 0.1) is 0 Å². The molecule has 1 aliphatic rings. The lowest BCUT2D eigenvalue weighted by atomic mass is 10.4. The van der Waals surface area contributed by atoms with Crippen molar-refractivity contribution in [1.29, 1.82) is 0 Å². The van der Waals surface area contributed by atoms with Crippen LogP contribution in [0.4, 0.5) is 0 Å². The largest absolute Gasteiger partial charge is 0.378 e. The molecule has 0 aromatic carbocycles. The van der Waals surface area contributed by atoms with Gasteiger partial charge in [-0.05, 0) is 27.7 Å². The van der Waals surface area contributed by atoms with Gasteiger partial charge >= 0.3 is 0 Å². The summed E-state index contributed by atoms with van der Waals surface area (Å²) in [6.45, 7) is 11.0. The first-order valence-electron chi connectivity index (χ1n) is 9.19. The Bertz CT molecular complexity index is 557. The van der Waals surface area contributed by atoms with Crippen LogP contribution in [-0.2, 0) is 19.6 Å². The second kappa shape index (κ2) is 11.3. The molecule has 152 valence electrons. The number of hydrogen-bond donors (Lipinski definition) is 2. The van der Waals surface area contributed by atoms with Crippen molar-refractivity contribution in [3.05, 3.63) is 0 Å². The van der Waals surface area contributed by atoms with Crippen LogP contribution in [0.3, 0.4) is 0 Å². The molecular weight excluding hydrogens is 358 g/mol. The summed E-state index contributed by atoms with van der Waals surface area (Å²) in [6.07, 6.45) is 0.0193. The predicted molar refractivity (Wildman–Crippen MR) is 103 cm³/mol. The number of hydrogen-bond acceptors (Lipinski definition) is 5. The van der Waals surface area contributed by atoms with Crippen molar-refractivity contribution in [2.24, 2.45) is 4.99 Å². The molecule has 0 unspecified atom stereocenters. The number of sulfonamides is 1. The lowest BCUT2D eigenvalue weighted by molar-refractivity contribution is -0.119. The average Bonchev–Trinajstić information content (AvgIpc) is 2.58. The minimum Gasteiger partial charge on any atom is -0.378 e. The molecular formula is C16H33N5O4S. The van der Waals surface area contributed by atoms with Crippen molar-refractivity contribution in [2.45, 2.75) is 33.8 Å². The number of amides is 1. The van der Waals surface area contributed by atoms with Crippen LogP contribution >= 0.6 is 0 Å². The molecule has 26 heavy (non-hydrogen) atoms. The first-order valence-corrected chi connectivity index (χ1v) is 10.8. The number of piperazine rings is 1. The Kier molecular flexibility index (Phi) is 9.89. The minimum atomic E-state index is -3.32. The molecule has 1 heterocycles. The molecule has 1 saturated heterocycles. The number of carbonyl (C=O) groups is 1. The molecule has 1 amide bonds. The van der Waals surface area contributed by atoms with E-state index in [2.05, 4.69) is 15.6 Å². The van der Waals surface area contributed by atoms with Gasteiger partial charge in [-0.3, -0.25) is 4.79 Å². The zero-order valence-electron chi connectivity index (χ0n) is 16.3. The Balaban J connectivity index is 2.58. The fourth-order valence-electron chi connectivity index (χ4n) is 2.52. The Hall–Kier alpha value is -1.39. The van der Waals surface area contributed by atoms with Crippen LogP contribution < -0.4 is 10.6 Å². The molecule has 2 N–H and O–H groups in total. The highest BCUT2D eigenvalue weighted by Crippen LogP contribution is 2.09. The first kappa shape index (κ1) is 22.7. The van der Waals surface area contributed by atoms with Crippen LogP contribution in [0.1, 0.15) is 27.7 Å². The number of ether oxygens (including phenoxy) is 1. The van der Waals surface area contributed by atoms with Crippen LogP contribution in [-0.4, -0.2) is 93.8 Å². The van der Waals surface area contributed by atoms with Crippen LogP contribution in [0.25, 0.3) is 0 Å². The molecule has 0 aromatic rings. The highest BCUT2D eigenvalue weighted by atomic mass is 32.2. The van der Waals surface area contributed by atoms with Crippen LogP contribution in [0.15, 0.2) is 4.99 Å². The van der Waals surface area contributed by atoms with Gasteiger partial charge < -0.3 is 20.3 Å². The van der Waals surface area contributed by atoms with Gasteiger partial charge in [0.2, 0.25) is 15.9 Å². The van der Waals surface area contributed by atoms with E-state index in [0.717, 1.165) is 0 Å². The van der Waals surface area contributed by atoms with Gasteiger partial charge in [-0.15, -0.1) is 0 Å². The quantitative estimate of drug-likeness (QED) is 0.404. The number of nitrogens with one attached hydrogen (secondary N) is 2. The maximum atomic E-state index is 12.4. The number of nitrogens with zero attached hydrogens (tertiary/aromatic N) is 3. The van der Waals surface area contributed by atoms with Gasteiger partial charge in [0.15, 0.2) is 5.96 Å². The standard InChI is InChI=1S/C16H33N5O4S/c1-5-17-15(22)13-19-16(18-6-2)20-7-9-21(10-8-20)26(23,24)12-11-25-14(3)4/h14H,5-13H2,1-4H3,(H,17,22)(H,18,19). The van der Waals surface area contributed by atoms with Crippen molar-refractivity contribution in [1.82, 2.24) is 19.8 Å². The van der Waals surface area contributed by atoms with Gasteiger partial charge in [0.25, 0.3) is 0 Å². The SMILES string of the molecule is CCNC(=O)CN=C(NCC)N1CCN(S(=O)(=O)CCOC(C)C)CC1. The number of guanidine groups is 1. The van der Waals surface area contributed by atoms with Gasteiger partial charge in [0, 0.05) is 39.3 Å². The summed E-state index contributed by atoms with van der Waals surface area (Å²) in [5, 5.41) is 5.87. The molecule has 10 heteroatoms. The summed E-state index contributed by atoms with van der Waals surface area (Å²) >= 11 is 0. The number of aliphatic imine (C=N–C) groups is 1. The molecule has 1 aliphatic heterocycles. The third-order valence-electron chi connectivity index (χ3n) is 3.81. The molecule has 1 rings (SSSR count). The van der Waals surface area contributed by atoms with E-state index in [0.29, 0.717) is 45.2 Å². The summed E-state index contributed by atoms with van der Waals surface area (Å²) in [5.74, 6) is 0.504. The maximum absolute atomic E-state index is 12.4. The molecule has 0 spiro atoms. The molecule has 0 aromatic heterocycles. The van der Waals surface area contributed by atoms with Crippen molar-refractivity contribution in [3.63, 3.8) is 0 Å². The molecule has 0 saturated carbocycles. The van der Waals surface area contributed by atoms with Gasteiger partial charge in [0.1, 0.15) is 6.54 Å². The van der Waals surface area contributed by atoms with E-state index in [9.17, 15) is 13.2 Å². The Morgan fingerprint density at radius 1 is 1.12 bits per heavy atom. The lowest BCUT2D eigenvalue weighted by Crippen LogP contribution is -2.54. The number of likely N-dealkylation sites (N-methyl/N-ethyl adjacent to an activating group) is 1. The van der Waals surface area contributed by atoms with Crippen LogP contribution in [0.5, 0.6) is 0 Å². The number of rotatable bonds is 9. The smallest absolute Gasteiger partial charge is 0.241 e. The Morgan fingerprint density at radius 2 is 1.73 bits per heavy atom. The molecule has 0 bridgehead atoms. The minimum absolute atomic E-state index is 0.00345. The van der Waals surface area contributed by atoms with Crippen LogP contribution in [0.2, 0.25) is 0 Å². The highest BCUT2D eigenvalue weighted by Gasteiger charge is 2.28. The van der Waals surface area contributed by atoms with E-state index >= 15 is 0 Å². The van der Waals surface area contributed by atoms with E-state index in [-0.39, 0.29) is 30.9 Å². The van der Waals surface area contributed by atoms with Gasteiger partial charge in [0.05, 0.1) is 18.5 Å². The zero-order chi connectivity index (χ0) is 19.6. The third-order valence-corrected chi connectivity index (χ3v) is 5.64. The summed E-state index contributed by atoms with van der Waals surface area (Å²) in [7, 11) is -3.32. The average molecular weight is 392 g/mol. The summed E-state index contributed by atoms with van der Waals surface area (Å²) in [4.78, 5) is 17.9. The van der Waals surface area contributed by atoms with Crippen molar-refractivity contribution in [2.75, 3.05) is 58.2 Å². The highest BCUT2D eigenvalue weighted by molar-refractivity contribution is 7.89. The Morgan fingerprint density at radius 3 is 2.27 bits per heavy atom. The van der Waals surface area contributed by atoms with Crippen molar-refractivity contribution in [3.8, 4) is 0 Å². The van der Waals surface area contributed by atoms with E-state index < -0.39 is 10.0 Å². The van der Waals surface area contributed by atoms with E-state index in [4.69, 9.17) is 4.74 Å². The zero-order valence-corrected chi connectivity index (χ0v) is 17.1. The van der Waals surface area contributed by atoms with Gasteiger partial charge in [-0.25, -0.2) is 13.4 Å². The molecule has 0 radical (unpaired) electrons. The molecule has 1 fully saturated rings. The Labute approximate surface area is 157 Å². The third kappa shape index (κ3) is 7.88. The molecule has 0 aliphatic carbocycles. The number of carbonyl (C=O) groups excluding carboxylic acids is 1. The van der Waals surface area contributed by atoms with Gasteiger partial charge in [-0.2, -0.15) is 4.31 Å². The molecule has 0 atom stereocenters.